The number of Topliss-reactive ketones (excluding diaryl/α,β-unsaturated/α-hetero) is 1. The van der Waals surface area contributed by atoms with Crippen LogP contribution in [0.4, 0.5) is 0 Å². The summed E-state index contributed by atoms with van der Waals surface area (Å²) in [5.41, 5.74) is 3.06. The summed E-state index contributed by atoms with van der Waals surface area (Å²) in [6, 6.07) is 29.5. The zero-order valence-electron chi connectivity index (χ0n) is 17.1. The molecule has 0 saturated heterocycles. The number of benzene rings is 3. The first kappa shape index (κ1) is 21.5. The third-order valence-corrected chi connectivity index (χ3v) is 4.82. The molecule has 3 rings (SSSR count). The Hall–Kier alpha value is -3.24. The van der Waals surface area contributed by atoms with Gasteiger partial charge in [0.25, 0.3) is 0 Å². The summed E-state index contributed by atoms with van der Waals surface area (Å²) in [6.45, 7) is 2.49. The number of carbonyl (C=O) groups excluding carboxylic acids is 2. The topological polar surface area (TPSA) is 46.6 Å². The molecule has 0 bridgehead atoms. The fourth-order valence-corrected chi connectivity index (χ4v) is 3.24. The van der Waals surface area contributed by atoms with Crippen LogP contribution in [-0.2, 0) is 22.6 Å². The molecule has 3 aromatic rings. The van der Waals surface area contributed by atoms with Crippen LogP contribution >= 0.6 is 0 Å². The van der Waals surface area contributed by atoms with Gasteiger partial charge in [-0.2, -0.15) is 0 Å². The summed E-state index contributed by atoms with van der Waals surface area (Å²) >= 11 is 0. The first-order valence-electron chi connectivity index (χ1n) is 10.2. The lowest BCUT2D eigenvalue weighted by atomic mass is 10.1. The molecule has 0 fully saturated rings. The SMILES string of the molecule is O=C(CCC(=O)c1ccccc1)OCCN(Cc1ccccc1)Cc1ccccc1. The van der Waals surface area contributed by atoms with Crippen molar-refractivity contribution in [3.8, 4) is 0 Å². The molecule has 3 aromatic carbocycles. The van der Waals surface area contributed by atoms with Gasteiger partial charge < -0.3 is 4.74 Å². The maximum absolute atomic E-state index is 12.1. The largest absolute Gasteiger partial charge is 0.464 e. The predicted octanol–water partition coefficient (Wildman–Crippen LogP) is 4.90. The van der Waals surface area contributed by atoms with E-state index in [4.69, 9.17) is 4.74 Å². The molecule has 0 radical (unpaired) electrons. The molecule has 0 aromatic heterocycles. The normalized spacial score (nSPS) is 10.7. The van der Waals surface area contributed by atoms with E-state index in [2.05, 4.69) is 29.2 Å². The van der Waals surface area contributed by atoms with E-state index in [1.807, 2.05) is 54.6 Å². The molecule has 0 N–H and O–H groups in total. The van der Waals surface area contributed by atoms with Crippen LogP contribution in [0, 0.1) is 0 Å². The van der Waals surface area contributed by atoms with Crippen molar-refractivity contribution in [1.29, 1.82) is 0 Å². The standard InChI is InChI=1S/C26H27NO3/c28-25(24-14-8-3-9-15-24)16-17-26(29)30-19-18-27(20-22-10-4-1-5-11-22)21-23-12-6-2-7-13-23/h1-15H,16-21H2. The molecule has 0 unspecified atom stereocenters. The van der Waals surface area contributed by atoms with Crippen molar-refractivity contribution in [3.63, 3.8) is 0 Å². The lowest BCUT2D eigenvalue weighted by Gasteiger charge is -2.22. The predicted molar refractivity (Wildman–Crippen MR) is 118 cm³/mol. The maximum Gasteiger partial charge on any atom is 0.306 e. The van der Waals surface area contributed by atoms with Gasteiger partial charge in [-0.3, -0.25) is 14.5 Å². The van der Waals surface area contributed by atoms with Gasteiger partial charge in [0.1, 0.15) is 6.61 Å². The van der Waals surface area contributed by atoms with Gasteiger partial charge in [0.15, 0.2) is 5.78 Å². The summed E-state index contributed by atoms with van der Waals surface area (Å²) in [5.74, 6) is -0.374. The quantitative estimate of drug-likeness (QED) is 0.339. The number of hydrogen-bond acceptors (Lipinski definition) is 4. The first-order valence-corrected chi connectivity index (χ1v) is 10.2. The van der Waals surface area contributed by atoms with E-state index in [0.29, 0.717) is 18.7 Å². The Kier molecular flexibility index (Phi) is 8.36. The molecule has 4 heteroatoms. The number of rotatable bonds is 11. The van der Waals surface area contributed by atoms with Gasteiger partial charge in [0.05, 0.1) is 6.42 Å². The van der Waals surface area contributed by atoms with Crippen LogP contribution in [0.3, 0.4) is 0 Å². The monoisotopic (exact) mass is 401 g/mol. The van der Waals surface area contributed by atoms with Crippen LogP contribution in [0.15, 0.2) is 91.0 Å². The van der Waals surface area contributed by atoms with Gasteiger partial charge in [0.2, 0.25) is 0 Å². The summed E-state index contributed by atoms with van der Waals surface area (Å²) < 4.78 is 5.40. The lowest BCUT2D eigenvalue weighted by molar-refractivity contribution is -0.144. The van der Waals surface area contributed by atoms with Crippen molar-refractivity contribution in [2.75, 3.05) is 13.2 Å². The Morgan fingerprint density at radius 3 is 1.70 bits per heavy atom. The Morgan fingerprint density at radius 2 is 1.17 bits per heavy atom. The number of esters is 1. The summed E-state index contributed by atoms with van der Waals surface area (Å²) in [6.07, 6.45) is 0.270. The van der Waals surface area contributed by atoms with Gasteiger partial charge in [0, 0.05) is 31.6 Å². The van der Waals surface area contributed by atoms with Gasteiger partial charge in [-0.15, -0.1) is 0 Å². The van der Waals surface area contributed by atoms with Gasteiger partial charge in [-0.1, -0.05) is 91.0 Å². The van der Waals surface area contributed by atoms with E-state index in [1.54, 1.807) is 12.1 Å². The van der Waals surface area contributed by atoms with Crippen molar-refractivity contribution in [1.82, 2.24) is 4.90 Å². The highest BCUT2D eigenvalue weighted by molar-refractivity contribution is 5.97. The van der Waals surface area contributed by atoms with Crippen molar-refractivity contribution >= 4 is 11.8 Å². The molecular formula is C26H27NO3. The third kappa shape index (κ3) is 7.30. The minimum absolute atomic E-state index is 0.0395. The highest BCUT2D eigenvalue weighted by atomic mass is 16.5. The Morgan fingerprint density at radius 1 is 0.667 bits per heavy atom. The molecule has 0 atom stereocenters. The molecule has 0 aliphatic rings. The lowest BCUT2D eigenvalue weighted by Crippen LogP contribution is -2.27. The van der Waals surface area contributed by atoms with Crippen LogP contribution in [0.25, 0.3) is 0 Å². The van der Waals surface area contributed by atoms with Crippen LogP contribution in [0.5, 0.6) is 0 Å². The van der Waals surface area contributed by atoms with Crippen molar-refractivity contribution < 1.29 is 14.3 Å². The average Bonchev–Trinajstić information content (AvgIpc) is 2.79. The van der Waals surface area contributed by atoms with E-state index in [1.165, 1.54) is 11.1 Å². The smallest absolute Gasteiger partial charge is 0.306 e. The number of carbonyl (C=O) groups is 2. The van der Waals surface area contributed by atoms with Crippen molar-refractivity contribution in [2.24, 2.45) is 0 Å². The molecule has 0 aliphatic carbocycles. The second-order valence-corrected chi connectivity index (χ2v) is 7.19. The number of ether oxygens (including phenoxy) is 1. The minimum atomic E-state index is -0.335. The van der Waals surface area contributed by atoms with Crippen LogP contribution in [0.1, 0.15) is 34.3 Å². The molecule has 0 saturated carbocycles. The Balaban J connectivity index is 1.47. The van der Waals surface area contributed by atoms with E-state index in [9.17, 15) is 9.59 Å². The van der Waals surface area contributed by atoms with E-state index < -0.39 is 0 Å². The van der Waals surface area contributed by atoms with Crippen molar-refractivity contribution in [2.45, 2.75) is 25.9 Å². The Labute approximate surface area is 178 Å². The number of nitrogens with zero attached hydrogens (tertiary/aromatic N) is 1. The number of hydrogen-bond donors (Lipinski definition) is 0. The van der Waals surface area contributed by atoms with Gasteiger partial charge in [-0.05, 0) is 11.1 Å². The third-order valence-electron chi connectivity index (χ3n) is 4.82. The molecule has 4 nitrogen and oxygen atoms in total. The minimum Gasteiger partial charge on any atom is -0.464 e. The summed E-state index contributed by atoms with van der Waals surface area (Å²) in [5, 5.41) is 0. The van der Waals surface area contributed by atoms with Gasteiger partial charge >= 0.3 is 5.97 Å². The second-order valence-electron chi connectivity index (χ2n) is 7.19. The zero-order chi connectivity index (χ0) is 21.0. The molecule has 0 spiro atoms. The molecule has 154 valence electrons. The molecule has 0 amide bonds. The van der Waals surface area contributed by atoms with E-state index in [0.717, 1.165) is 13.1 Å². The molecule has 0 aliphatic heterocycles. The first-order chi connectivity index (χ1) is 14.7. The Bertz CT molecular complexity index is 869. The van der Waals surface area contributed by atoms with Crippen LogP contribution in [-0.4, -0.2) is 29.8 Å². The molecular weight excluding hydrogens is 374 g/mol. The number of ketones is 1. The second kappa shape index (κ2) is 11.7. The van der Waals surface area contributed by atoms with E-state index >= 15 is 0 Å². The van der Waals surface area contributed by atoms with Crippen LogP contribution < -0.4 is 0 Å². The van der Waals surface area contributed by atoms with Crippen LogP contribution in [0.2, 0.25) is 0 Å². The van der Waals surface area contributed by atoms with E-state index in [-0.39, 0.29) is 24.6 Å². The maximum atomic E-state index is 12.1. The fraction of sp³-hybridized carbons (Fsp3) is 0.231. The summed E-state index contributed by atoms with van der Waals surface area (Å²) in [4.78, 5) is 26.5. The average molecular weight is 402 g/mol. The van der Waals surface area contributed by atoms with Crippen molar-refractivity contribution in [3.05, 3.63) is 108 Å². The highest BCUT2D eigenvalue weighted by Gasteiger charge is 2.12. The van der Waals surface area contributed by atoms with Gasteiger partial charge in [-0.25, -0.2) is 0 Å². The molecule has 30 heavy (non-hydrogen) atoms. The fourth-order valence-electron chi connectivity index (χ4n) is 3.24. The summed E-state index contributed by atoms with van der Waals surface area (Å²) in [7, 11) is 0. The zero-order valence-corrected chi connectivity index (χ0v) is 17.1. The molecule has 0 heterocycles. The highest BCUT2D eigenvalue weighted by Crippen LogP contribution is 2.10.